The van der Waals surface area contributed by atoms with Crippen molar-refractivity contribution in [1.29, 1.82) is 0 Å². The molecule has 0 radical (unpaired) electrons. The average Bonchev–Trinajstić information content (AvgIpc) is 3.11. The van der Waals surface area contributed by atoms with Crippen molar-refractivity contribution in [2.75, 3.05) is 11.9 Å². The zero-order chi connectivity index (χ0) is 19.7. The van der Waals surface area contributed by atoms with Gasteiger partial charge in [-0.15, -0.1) is 0 Å². The summed E-state index contributed by atoms with van der Waals surface area (Å²) in [6.07, 6.45) is 0.705. The van der Waals surface area contributed by atoms with Crippen LogP contribution in [-0.4, -0.2) is 23.3 Å². The van der Waals surface area contributed by atoms with Gasteiger partial charge in [-0.2, -0.15) is 0 Å². The van der Waals surface area contributed by atoms with E-state index in [9.17, 15) is 14.0 Å². The van der Waals surface area contributed by atoms with Crippen molar-refractivity contribution in [3.63, 3.8) is 0 Å². The molecule has 1 aromatic heterocycles. The molecule has 2 heterocycles. The molecule has 28 heavy (non-hydrogen) atoms. The predicted octanol–water partition coefficient (Wildman–Crippen LogP) is 4.24. The van der Waals surface area contributed by atoms with Crippen LogP contribution in [0.15, 0.2) is 59.0 Å². The van der Waals surface area contributed by atoms with E-state index in [1.807, 2.05) is 18.2 Å². The van der Waals surface area contributed by atoms with Crippen LogP contribution in [0, 0.1) is 5.82 Å². The molecule has 0 spiro atoms. The third kappa shape index (κ3) is 3.67. The van der Waals surface area contributed by atoms with Crippen molar-refractivity contribution in [2.24, 2.45) is 0 Å². The molecule has 0 saturated carbocycles. The van der Waals surface area contributed by atoms with E-state index in [4.69, 9.17) is 4.42 Å². The molecule has 6 heteroatoms. The standard InChI is InChI=1S/C22H19FN2O3/c1-14(26)25-10-9-20-17(13-25)12-21(28-20)15-5-7-19(8-6-15)24-22(27)16-3-2-4-18(23)11-16/h2-8,11-12H,9-10,13H2,1H3,(H,24,27). The molecule has 3 aromatic rings. The molecule has 0 aliphatic carbocycles. The Hall–Kier alpha value is -3.41. The number of hydrogen-bond acceptors (Lipinski definition) is 3. The second-order valence-electron chi connectivity index (χ2n) is 6.79. The second kappa shape index (κ2) is 7.31. The Morgan fingerprint density at radius 3 is 2.61 bits per heavy atom. The van der Waals surface area contributed by atoms with E-state index in [2.05, 4.69) is 5.32 Å². The molecular weight excluding hydrogens is 359 g/mol. The molecule has 1 aliphatic rings. The fraction of sp³-hybridized carbons (Fsp3) is 0.182. The second-order valence-corrected chi connectivity index (χ2v) is 6.79. The first kappa shape index (κ1) is 18.0. The largest absolute Gasteiger partial charge is 0.461 e. The number of nitrogens with one attached hydrogen (secondary N) is 1. The molecule has 4 rings (SSSR count). The number of halogens is 1. The summed E-state index contributed by atoms with van der Waals surface area (Å²) in [6, 6.07) is 14.8. The minimum atomic E-state index is -0.451. The number of rotatable bonds is 3. The normalized spacial score (nSPS) is 13.1. The molecule has 142 valence electrons. The molecule has 0 saturated heterocycles. The number of furan rings is 1. The van der Waals surface area contributed by atoms with Crippen molar-refractivity contribution in [1.82, 2.24) is 4.90 Å². The summed E-state index contributed by atoms with van der Waals surface area (Å²) < 4.78 is 19.2. The number of amides is 2. The Morgan fingerprint density at radius 2 is 1.89 bits per heavy atom. The van der Waals surface area contributed by atoms with Crippen LogP contribution in [0.4, 0.5) is 10.1 Å². The highest BCUT2D eigenvalue weighted by molar-refractivity contribution is 6.04. The van der Waals surface area contributed by atoms with Crippen molar-refractivity contribution in [3.05, 3.63) is 77.3 Å². The topological polar surface area (TPSA) is 62.6 Å². The molecule has 2 amide bonds. The van der Waals surface area contributed by atoms with Crippen LogP contribution in [0.3, 0.4) is 0 Å². The van der Waals surface area contributed by atoms with E-state index in [-0.39, 0.29) is 17.4 Å². The van der Waals surface area contributed by atoms with Crippen LogP contribution in [0.5, 0.6) is 0 Å². The maximum Gasteiger partial charge on any atom is 0.255 e. The number of nitrogens with zero attached hydrogens (tertiary/aromatic N) is 1. The molecule has 0 unspecified atom stereocenters. The van der Waals surface area contributed by atoms with Gasteiger partial charge in [-0.1, -0.05) is 6.07 Å². The summed E-state index contributed by atoms with van der Waals surface area (Å²) in [5.74, 6) is 0.888. The molecule has 1 N–H and O–H groups in total. The first-order valence-electron chi connectivity index (χ1n) is 9.04. The zero-order valence-electron chi connectivity index (χ0n) is 15.4. The van der Waals surface area contributed by atoms with E-state index in [1.165, 1.54) is 18.2 Å². The van der Waals surface area contributed by atoms with Gasteiger partial charge in [0.15, 0.2) is 0 Å². The van der Waals surface area contributed by atoms with Gasteiger partial charge < -0.3 is 14.6 Å². The van der Waals surface area contributed by atoms with Crippen molar-refractivity contribution < 1.29 is 18.4 Å². The van der Waals surface area contributed by atoms with Gasteiger partial charge in [-0.05, 0) is 48.5 Å². The number of carbonyl (C=O) groups excluding carboxylic acids is 2. The van der Waals surface area contributed by atoms with Gasteiger partial charge in [-0.3, -0.25) is 9.59 Å². The van der Waals surface area contributed by atoms with Crippen LogP contribution >= 0.6 is 0 Å². The summed E-state index contributed by atoms with van der Waals surface area (Å²) in [5, 5.41) is 2.75. The van der Waals surface area contributed by atoms with Crippen LogP contribution in [0.25, 0.3) is 11.3 Å². The van der Waals surface area contributed by atoms with E-state index in [0.717, 1.165) is 22.6 Å². The molecular formula is C22H19FN2O3. The Labute approximate surface area is 161 Å². The molecule has 2 aromatic carbocycles. The lowest BCUT2D eigenvalue weighted by Gasteiger charge is -2.24. The highest BCUT2D eigenvalue weighted by Crippen LogP contribution is 2.30. The summed E-state index contributed by atoms with van der Waals surface area (Å²) in [7, 11) is 0. The van der Waals surface area contributed by atoms with Crippen LogP contribution < -0.4 is 5.32 Å². The number of fused-ring (bicyclic) bond motifs is 1. The van der Waals surface area contributed by atoms with Gasteiger partial charge in [-0.25, -0.2) is 4.39 Å². The van der Waals surface area contributed by atoms with Gasteiger partial charge in [0, 0.05) is 48.8 Å². The zero-order valence-corrected chi connectivity index (χ0v) is 15.4. The summed E-state index contributed by atoms with van der Waals surface area (Å²) >= 11 is 0. The number of carbonyl (C=O) groups is 2. The Balaban J connectivity index is 1.48. The van der Waals surface area contributed by atoms with Gasteiger partial charge in [0.1, 0.15) is 17.3 Å². The lowest BCUT2D eigenvalue weighted by molar-refractivity contribution is -0.129. The average molecular weight is 378 g/mol. The molecule has 5 nitrogen and oxygen atoms in total. The van der Waals surface area contributed by atoms with Crippen molar-refractivity contribution in [3.8, 4) is 11.3 Å². The van der Waals surface area contributed by atoms with E-state index < -0.39 is 5.82 Å². The Kier molecular flexibility index (Phi) is 4.69. The molecule has 1 aliphatic heterocycles. The highest BCUT2D eigenvalue weighted by Gasteiger charge is 2.22. The first-order valence-corrected chi connectivity index (χ1v) is 9.04. The SMILES string of the molecule is CC(=O)N1CCc2oc(-c3ccc(NC(=O)c4cccc(F)c4)cc3)cc2C1. The third-order valence-electron chi connectivity index (χ3n) is 4.83. The first-order chi connectivity index (χ1) is 13.5. The fourth-order valence-electron chi connectivity index (χ4n) is 3.29. The van der Waals surface area contributed by atoms with Crippen LogP contribution in [-0.2, 0) is 17.8 Å². The lowest BCUT2D eigenvalue weighted by Crippen LogP contribution is -2.33. The minimum Gasteiger partial charge on any atom is -0.461 e. The van der Waals surface area contributed by atoms with Gasteiger partial charge in [0.2, 0.25) is 5.91 Å². The number of hydrogen-bond donors (Lipinski definition) is 1. The summed E-state index contributed by atoms with van der Waals surface area (Å²) in [4.78, 5) is 25.6. The Morgan fingerprint density at radius 1 is 1.11 bits per heavy atom. The van der Waals surface area contributed by atoms with E-state index in [0.29, 0.717) is 25.2 Å². The van der Waals surface area contributed by atoms with E-state index in [1.54, 1.807) is 30.0 Å². The molecule has 0 fully saturated rings. The van der Waals surface area contributed by atoms with Gasteiger partial charge in [0.05, 0.1) is 0 Å². The van der Waals surface area contributed by atoms with Crippen LogP contribution in [0.1, 0.15) is 28.6 Å². The summed E-state index contributed by atoms with van der Waals surface area (Å²) in [5.41, 5.74) is 2.78. The lowest BCUT2D eigenvalue weighted by atomic mass is 10.1. The van der Waals surface area contributed by atoms with Gasteiger partial charge >= 0.3 is 0 Å². The quantitative estimate of drug-likeness (QED) is 0.741. The van der Waals surface area contributed by atoms with Gasteiger partial charge in [0.25, 0.3) is 5.91 Å². The Bertz CT molecular complexity index is 1040. The van der Waals surface area contributed by atoms with E-state index >= 15 is 0 Å². The maximum absolute atomic E-state index is 13.3. The third-order valence-corrected chi connectivity index (χ3v) is 4.83. The smallest absolute Gasteiger partial charge is 0.255 e. The number of anilines is 1. The molecule has 0 bridgehead atoms. The van der Waals surface area contributed by atoms with Crippen molar-refractivity contribution >= 4 is 17.5 Å². The molecule has 0 atom stereocenters. The maximum atomic E-state index is 13.3. The minimum absolute atomic E-state index is 0.0618. The monoisotopic (exact) mass is 378 g/mol. The van der Waals surface area contributed by atoms with Crippen molar-refractivity contribution in [2.45, 2.75) is 19.9 Å². The number of benzene rings is 2. The predicted molar refractivity (Wildman–Crippen MR) is 103 cm³/mol. The van der Waals surface area contributed by atoms with Crippen LogP contribution in [0.2, 0.25) is 0 Å². The fourth-order valence-corrected chi connectivity index (χ4v) is 3.29. The summed E-state index contributed by atoms with van der Waals surface area (Å²) in [6.45, 7) is 2.80. The highest BCUT2D eigenvalue weighted by atomic mass is 19.1.